The maximum absolute atomic E-state index is 12.6. The molecule has 0 radical (unpaired) electrons. The molecule has 28 heavy (non-hydrogen) atoms. The first-order chi connectivity index (χ1) is 13.5. The summed E-state index contributed by atoms with van der Waals surface area (Å²) in [4.78, 5) is 28.7. The van der Waals surface area contributed by atoms with E-state index in [-0.39, 0.29) is 18.7 Å². The predicted octanol–water partition coefficient (Wildman–Crippen LogP) is 2.32. The van der Waals surface area contributed by atoms with Crippen LogP contribution < -0.4 is 10.3 Å². The maximum atomic E-state index is 12.6. The van der Waals surface area contributed by atoms with E-state index in [1.54, 1.807) is 56.3 Å². The fourth-order valence-corrected chi connectivity index (χ4v) is 2.85. The lowest BCUT2D eigenvalue weighted by molar-refractivity contribution is 0.0526. The lowest BCUT2D eigenvalue weighted by Gasteiger charge is -2.16. The molecule has 0 saturated carbocycles. The number of para-hydroxylation sites is 1. The smallest absolute Gasteiger partial charge is 0.338 e. The Bertz CT molecular complexity index is 1030. The fraction of sp³-hybridized carbons (Fsp3) is 0.286. The Kier molecular flexibility index (Phi) is 6.06. The molecule has 3 rings (SSSR count). The Morgan fingerprint density at radius 1 is 1.18 bits per heavy atom. The summed E-state index contributed by atoms with van der Waals surface area (Å²) in [6.07, 6.45) is -0.899. The van der Waals surface area contributed by atoms with E-state index in [0.29, 0.717) is 34.6 Å². The molecule has 1 heterocycles. The summed E-state index contributed by atoms with van der Waals surface area (Å²) in [6, 6.07) is 13.6. The van der Waals surface area contributed by atoms with Gasteiger partial charge in [-0.25, -0.2) is 9.78 Å². The summed E-state index contributed by atoms with van der Waals surface area (Å²) in [5.41, 5.74) is 0.869. The molecule has 0 fully saturated rings. The summed E-state index contributed by atoms with van der Waals surface area (Å²) in [5.74, 6) is 0.641. The molecule has 3 aromatic rings. The molecule has 2 aromatic carbocycles. The maximum Gasteiger partial charge on any atom is 0.338 e. The molecule has 0 amide bonds. The van der Waals surface area contributed by atoms with Crippen LogP contribution in [0, 0.1) is 6.92 Å². The Morgan fingerprint density at radius 2 is 1.89 bits per heavy atom. The SMILES string of the molecule is CCOC(=O)c1ccc(OC[C@@H](O)Cn2c(C)nc3ccccc3c2=O)cc1. The molecule has 7 nitrogen and oxygen atoms in total. The minimum Gasteiger partial charge on any atom is -0.491 e. The van der Waals surface area contributed by atoms with Crippen LogP contribution in [-0.2, 0) is 11.3 Å². The highest BCUT2D eigenvalue weighted by Gasteiger charge is 2.13. The van der Waals surface area contributed by atoms with Crippen molar-refractivity contribution in [2.45, 2.75) is 26.5 Å². The van der Waals surface area contributed by atoms with Gasteiger partial charge in [0.25, 0.3) is 5.56 Å². The number of ether oxygens (including phenoxy) is 2. The van der Waals surface area contributed by atoms with Crippen molar-refractivity contribution < 1.29 is 19.4 Å². The Labute approximate surface area is 162 Å². The number of aliphatic hydroxyl groups excluding tert-OH is 1. The van der Waals surface area contributed by atoms with Gasteiger partial charge in [0.1, 0.15) is 24.3 Å². The Morgan fingerprint density at radius 3 is 2.61 bits per heavy atom. The van der Waals surface area contributed by atoms with Crippen LogP contribution in [0.1, 0.15) is 23.1 Å². The molecule has 0 aliphatic rings. The van der Waals surface area contributed by atoms with Gasteiger partial charge < -0.3 is 14.6 Å². The average Bonchev–Trinajstić information content (AvgIpc) is 2.70. The van der Waals surface area contributed by atoms with E-state index in [0.717, 1.165) is 0 Å². The number of nitrogens with zero attached hydrogens (tertiary/aromatic N) is 2. The van der Waals surface area contributed by atoms with Gasteiger partial charge in [0.05, 0.1) is 29.6 Å². The molecule has 0 aliphatic heterocycles. The van der Waals surface area contributed by atoms with Gasteiger partial charge in [-0.1, -0.05) is 12.1 Å². The van der Waals surface area contributed by atoms with E-state index >= 15 is 0 Å². The van der Waals surface area contributed by atoms with Crippen molar-refractivity contribution in [3.8, 4) is 5.75 Å². The highest BCUT2D eigenvalue weighted by Crippen LogP contribution is 2.14. The zero-order valence-electron chi connectivity index (χ0n) is 15.8. The summed E-state index contributed by atoms with van der Waals surface area (Å²) in [5, 5.41) is 10.8. The third-order valence-corrected chi connectivity index (χ3v) is 4.25. The van der Waals surface area contributed by atoms with Crippen molar-refractivity contribution in [2.75, 3.05) is 13.2 Å². The van der Waals surface area contributed by atoms with Crippen LogP contribution in [-0.4, -0.2) is 39.9 Å². The van der Waals surface area contributed by atoms with Gasteiger partial charge in [0, 0.05) is 0 Å². The number of carbonyl (C=O) groups excluding carboxylic acids is 1. The Balaban J connectivity index is 1.65. The van der Waals surface area contributed by atoms with Gasteiger partial charge in [-0.3, -0.25) is 9.36 Å². The van der Waals surface area contributed by atoms with E-state index in [4.69, 9.17) is 9.47 Å². The monoisotopic (exact) mass is 382 g/mol. The molecule has 1 atom stereocenters. The molecular formula is C21H22N2O5. The van der Waals surface area contributed by atoms with Crippen molar-refractivity contribution in [1.82, 2.24) is 9.55 Å². The lowest BCUT2D eigenvalue weighted by atomic mass is 10.2. The molecule has 0 unspecified atom stereocenters. The van der Waals surface area contributed by atoms with Crippen LogP contribution in [0.4, 0.5) is 0 Å². The number of aryl methyl sites for hydroxylation is 1. The standard InChI is InChI=1S/C21H22N2O5/c1-3-27-21(26)15-8-10-17(11-9-15)28-13-16(24)12-23-14(2)22-19-7-5-4-6-18(19)20(23)25/h4-11,16,24H,3,12-13H2,1-2H3/t16-/m0/s1. The first-order valence-electron chi connectivity index (χ1n) is 9.04. The molecule has 0 saturated heterocycles. The molecule has 0 spiro atoms. The van der Waals surface area contributed by atoms with Crippen molar-refractivity contribution >= 4 is 16.9 Å². The summed E-state index contributed by atoms with van der Waals surface area (Å²) in [7, 11) is 0. The average molecular weight is 382 g/mol. The van der Waals surface area contributed by atoms with E-state index in [1.165, 1.54) is 4.57 Å². The molecule has 146 valence electrons. The number of aromatic nitrogens is 2. The van der Waals surface area contributed by atoms with E-state index in [9.17, 15) is 14.7 Å². The van der Waals surface area contributed by atoms with Gasteiger partial charge >= 0.3 is 5.97 Å². The first-order valence-corrected chi connectivity index (χ1v) is 9.04. The zero-order valence-corrected chi connectivity index (χ0v) is 15.8. The second-order valence-electron chi connectivity index (χ2n) is 6.30. The topological polar surface area (TPSA) is 90.7 Å². The van der Waals surface area contributed by atoms with Gasteiger partial charge in [0.2, 0.25) is 0 Å². The third kappa shape index (κ3) is 4.37. The molecule has 1 aromatic heterocycles. The second kappa shape index (κ2) is 8.67. The highest BCUT2D eigenvalue weighted by molar-refractivity contribution is 5.89. The van der Waals surface area contributed by atoms with Crippen molar-refractivity contribution in [3.63, 3.8) is 0 Å². The number of hydrogen-bond donors (Lipinski definition) is 1. The number of fused-ring (bicyclic) bond motifs is 1. The van der Waals surface area contributed by atoms with E-state index in [1.807, 2.05) is 6.07 Å². The summed E-state index contributed by atoms with van der Waals surface area (Å²) < 4.78 is 11.9. The Hall–Kier alpha value is -3.19. The molecular weight excluding hydrogens is 360 g/mol. The minimum atomic E-state index is -0.899. The van der Waals surface area contributed by atoms with Crippen LogP contribution >= 0.6 is 0 Å². The number of rotatable bonds is 7. The van der Waals surface area contributed by atoms with Crippen LogP contribution in [0.15, 0.2) is 53.3 Å². The summed E-state index contributed by atoms with van der Waals surface area (Å²) >= 11 is 0. The molecule has 1 N–H and O–H groups in total. The normalized spacial score (nSPS) is 12.0. The number of carbonyl (C=O) groups is 1. The number of benzene rings is 2. The van der Waals surface area contributed by atoms with Crippen LogP contribution in [0.5, 0.6) is 5.75 Å². The zero-order chi connectivity index (χ0) is 20.1. The molecule has 0 aliphatic carbocycles. The van der Waals surface area contributed by atoms with Crippen LogP contribution in [0.3, 0.4) is 0 Å². The fourth-order valence-electron chi connectivity index (χ4n) is 2.85. The largest absolute Gasteiger partial charge is 0.491 e. The van der Waals surface area contributed by atoms with Crippen LogP contribution in [0.2, 0.25) is 0 Å². The van der Waals surface area contributed by atoms with Gasteiger partial charge in [0.15, 0.2) is 0 Å². The first kappa shape index (κ1) is 19.6. The number of esters is 1. The summed E-state index contributed by atoms with van der Waals surface area (Å²) in [6.45, 7) is 3.86. The van der Waals surface area contributed by atoms with Gasteiger partial charge in [-0.2, -0.15) is 0 Å². The van der Waals surface area contributed by atoms with Gasteiger partial charge in [-0.05, 0) is 50.2 Å². The predicted molar refractivity (Wildman–Crippen MR) is 105 cm³/mol. The number of hydrogen-bond acceptors (Lipinski definition) is 6. The van der Waals surface area contributed by atoms with Crippen molar-refractivity contribution in [2.24, 2.45) is 0 Å². The van der Waals surface area contributed by atoms with E-state index < -0.39 is 12.1 Å². The lowest BCUT2D eigenvalue weighted by Crippen LogP contribution is -2.32. The van der Waals surface area contributed by atoms with Crippen molar-refractivity contribution in [3.05, 3.63) is 70.3 Å². The number of aliphatic hydroxyl groups is 1. The minimum absolute atomic E-state index is 0.00252. The highest BCUT2D eigenvalue weighted by atomic mass is 16.5. The molecule has 0 bridgehead atoms. The second-order valence-corrected chi connectivity index (χ2v) is 6.30. The third-order valence-electron chi connectivity index (χ3n) is 4.25. The van der Waals surface area contributed by atoms with Gasteiger partial charge in [-0.15, -0.1) is 0 Å². The van der Waals surface area contributed by atoms with Crippen LogP contribution in [0.25, 0.3) is 10.9 Å². The van der Waals surface area contributed by atoms with E-state index in [2.05, 4.69) is 4.98 Å². The quantitative estimate of drug-likeness (QED) is 0.631. The van der Waals surface area contributed by atoms with Crippen molar-refractivity contribution in [1.29, 1.82) is 0 Å². The molecule has 7 heteroatoms.